The van der Waals surface area contributed by atoms with Crippen molar-refractivity contribution in [1.82, 2.24) is 20.2 Å². The highest BCUT2D eigenvalue weighted by Gasteiger charge is 2.12. The average Bonchev–Trinajstić information content (AvgIpc) is 2.74. The van der Waals surface area contributed by atoms with Crippen LogP contribution in [-0.2, 0) is 16.0 Å². The zero-order valence-electron chi connectivity index (χ0n) is 9.66. The Kier molecular flexibility index (Phi) is 6.05. The number of allylic oxidation sites excluding steroid dienone is 1. The number of hydrogen-bond acceptors (Lipinski definition) is 6. The highest BCUT2D eigenvalue weighted by Crippen LogP contribution is 2.14. The Morgan fingerprint density at radius 1 is 1.44 bits per heavy atom. The molecule has 0 spiro atoms. The van der Waals surface area contributed by atoms with E-state index in [-0.39, 0.29) is 6.29 Å². The van der Waals surface area contributed by atoms with Crippen LogP contribution in [0.4, 0.5) is 0 Å². The number of methoxy groups -OCH3 is 2. The molecule has 0 radical (unpaired) electrons. The number of nitrogens with zero attached hydrogens (tertiary/aromatic N) is 4. The number of tetrazole rings is 1. The number of rotatable bonds is 7. The monoisotopic (exact) mass is 244 g/mol. The lowest BCUT2D eigenvalue weighted by atomic mass is 10.6. The maximum absolute atomic E-state index is 5.09. The Balaban J connectivity index is 2.55. The topological polar surface area (TPSA) is 62.1 Å². The van der Waals surface area contributed by atoms with E-state index >= 15 is 0 Å². The molecule has 7 heteroatoms. The Labute approximate surface area is 99.0 Å². The average molecular weight is 244 g/mol. The lowest BCUT2D eigenvalue weighted by molar-refractivity contribution is -0.113. The minimum atomic E-state index is -0.329. The smallest absolute Gasteiger partial charge is 0.209 e. The molecule has 90 valence electrons. The van der Waals surface area contributed by atoms with Crippen LogP contribution in [0, 0.1) is 0 Å². The van der Waals surface area contributed by atoms with E-state index < -0.39 is 0 Å². The summed E-state index contributed by atoms with van der Waals surface area (Å²) < 4.78 is 11.9. The molecule has 0 amide bonds. The van der Waals surface area contributed by atoms with Gasteiger partial charge in [0.1, 0.15) is 0 Å². The summed E-state index contributed by atoms with van der Waals surface area (Å²) in [6.45, 7) is 2.47. The highest BCUT2D eigenvalue weighted by atomic mass is 32.2. The van der Waals surface area contributed by atoms with Crippen LogP contribution in [0.2, 0.25) is 0 Å². The van der Waals surface area contributed by atoms with Gasteiger partial charge in [0.15, 0.2) is 6.29 Å². The first-order valence-electron chi connectivity index (χ1n) is 4.87. The van der Waals surface area contributed by atoms with E-state index in [9.17, 15) is 0 Å². The number of aromatic nitrogens is 4. The molecule has 0 N–H and O–H groups in total. The molecule has 1 aromatic heterocycles. The molecule has 1 aromatic rings. The maximum atomic E-state index is 5.09. The van der Waals surface area contributed by atoms with Gasteiger partial charge in [0, 0.05) is 20.0 Å². The first-order chi connectivity index (χ1) is 7.81. The molecule has 16 heavy (non-hydrogen) atoms. The van der Waals surface area contributed by atoms with Crippen LogP contribution in [0.3, 0.4) is 0 Å². The van der Waals surface area contributed by atoms with E-state index in [1.54, 1.807) is 30.7 Å². The van der Waals surface area contributed by atoms with Gasteiger partial charge in [-0.1, -0.05) is 23.9 Å². The van der Waals surface area contributed by atoms with E-state index in [4.69, 9.17) is 9.47 Å². The Hall–Kier alpha value is -0.920. The van der Waals surface area contributed by atoms with E-state index in [0.717, 1.165) is 10.9 Å². The molecule has 1 rings (SSSR count). The van der Waals surface area contributed by atoms with Crippen molar-refractivity contribution < 1.29 is 9.47 Å². The molecule has 0 aliphatic rings. The molecule has 0 saturated heterocycles. The molecule has 0 bridgehead atoms. The van der Waals surface area contributed by atoms with Gasteiger partial charge in [-0.15, -0.1) is 5.10 Å². The molecule has 0 unspecified atom stereocenters. The fraction of sp³-hybridized carbons (Fsp3) is 0.667. The van der Waals surface area contributed by atoms with Crippen molar-refractivity contribution in [3.63, 3.8) is 0 Å². The highest BCUT2D eigenvalue weighted by molar-refractivity contribution is 7.99. The second kappa shape index (κ2) is 7.37. The van der Waals surface area contributed by atoms with Crippen molar-refractivity contribution in [2.24, 2.45) is 0 Å². The zero-order chi connectivity index (χ0) is 11.8. The van der Waals surface area contributed by atoms with Crippen molar-refractivity contribution in [3.8, 4) is 0 Å². The van der Waals surface area contributed by atoms with E-state index in [0.29, 0.717) is 6.54 Å². The molecule has 6 nitrogen and oxygen atoms in total. The van der Waals surface area contributed by atoms with Crippen molar-refractivity contribution >= 4 is 11.8 Å². The predicted octanol–water partition coefficient (Wildman–Crippen LogP) is 0.960. The predicted molar refractivity (Wildman–Crippen MR) is 61.2 cm³/mol. The molecule has 0 aliphatic heterocycles. The summed E-state index contributed by atoms with van der Waals surface area (Å²) in [5, 5.41) is 12.2. The van der Waals surface area contributed by atoms with Crippen LogP contribution in [0.5, 0.6) is 0 Å². The second-order valence-electron chi connectivity index (χ2n) is 2.92. The quantitative estimate of drug-likeness (QED) is 0.404. The van der Waals surface area contributed by atoms with Crippen molar-refractivity contribution in [2.75, 3.05) is 20.0 Å². The third kappa shape index (κ3) is 3.92. The fourth-order valence-electron chi connectivity index (χ4n) is 1.02. The van der Waals surface area contributed by atoms with Crippen LogP contribution >= 0.6 is 11.8 Å². The fourth-order valence-corrected chi connectivity index (χ4v) is 1.81. The molecule has 0 atom stereocenters. The molecular formula is C9H16N4O2S. The summed E-state index contributed by atoms with van der Waals surface area (Å²) in [4.78, 5) is 0. The maximum Gasteiger partial charge on any atom is 0.209 e. The van der Waals surface area contributed by atoms with Gasteiger partial charge in [-0.05, 0) is 17.4 Å². The van der Waals surface area contributed by atoms with Crippen molar-refractivity contribution in [3.05, 3.63) is 12.2 Å². The zero-order valence-corrected chi connectivity index (χ0v) is 10.5. The van der Waals surface area contributed by atoms with E-state index in [1.807, 2.05) is 19.1 Å². The van der Waals surface area contributed by atoms with E-state index in [1.165, 1.54) is 0 Å². The molecule has 0 aliphatic carbocycles. The lowest BCUT2D eigenvalue weighted by Crippen LogP contribution is -2.21. The largest absolute Gasteiger partial charge is 0.354 e. The van der Waals surface area contributed by atoms with Gasteiger partial charge < -0.3 is 9.47 Å². The minimum Gasteiger partial charge on any atom is -0.354 e. The Bertz CT molecular complexity index is 325. The summed E-state index contributed by atoms with van der Waals surface area (Å²) in [6, 6.07) is 0. The number of thioether (sulfide) groups is 1. The molecule has 0 fully saturated rings. The standard InChI is InChI=1S/C9H16N4O2S/c1-4-5-6-16-9-10-11-12-13(9)7-8(14-2)15-3/h4-5,8H,6-7H2,1-3H3. The number of hydrogen-bond donors (Lipinski definition) is 0. The van der Waals surface area contributed by atoms with Gasteiger partial charge in [-0.3, -0.25) is 0 Å². The van der Waals surface area contributed by atoms with Crippen LogP contribution < -0.4 is 0 Å². The van der Waals surface area contributed by atoms with Crippen LogP contribution in [-0.4, -0.2) is 46.5 Å². The summed E-state index contributed by atoms with van der Waals surface area (Å²) in [5.74, 6) is 0.849. The van der Waals surface area contributed by atoms with E-state index in [2.05, 4.69) is 15.5 Å². The molecular weight excluding hydrogens is 228 g/mol. The third-order valence-electron chi connectivity index (χ3n) is 1.89. The van der Waals surface area contributed by atoms with Gasteiger partial charge in [0.05, 0.1) is 6.54 Å². The van der Waals surface area contributed by atoms with Gasteiger partial charge in [0.2, 0.25) is 5.16 Å². The SMILES string of the molecule is CC=CCSc1nnnn1CC(OC)OC. The first-order valence-corrected chi connectivity index (χ1v) is 5.86. The van der Waals surface area contributed by atoms with Gasteiger partial charge in [-0.2, -0.15) is 0 Å². The van der Waals surface area contributed by atoms with Gasteiger partial charge >= 0.3 is 0 Å². The normalized spacial score (nSPS) is 11.8. The summed E-state index contributed by atoms with van der Waals surface area (Å²) in [6.07, 6.45) is 3.71. The second-order valence-corrected chi connectivity index (χ2v) is 3.91. The van der Waals surface area contributed by atoms with Gasteiger partial charge in [-0.25, -0.2) is 4.68 Å². The molecule has 0 aromatic carbocycles. The first kappa shape index (κ1) is 13.1. The van der Waals surface area contributed by atoms with Crippen LogP contribution in [0.15, 0.2) is 17.3 Å². The Morgan fingerprint density at radius 3 is 2.81 bits per heavy atom. The lowest BCUT2D eigenvalue weighted by Gasteiger charge is -2.13. The van der Waals surface area contributed by atoms with Crippen LogP contribution in [0.25, 0.3) is 0 Å². The van der Waals surface area contributed by atoms with Gasteiger partial charge in [0.25, 0.3) is 0 Å². The minimum absolute atomic E-state index is 0.329. The third-order valence-corrected chi connectivity index (χ3v) is 2.80. The molecule has 1 heterocycles. The van der Waals surface area contributed by atoms with Crippen molar-refractivity contribution in [2.45, 2.75) is 24.9 Å². The van der Waals surface area contributed by atoms with Crippen molar-refractivity contribution in [1.29, 1.82) is 0 Å². The summed E-state index contributed by atoms with van der Waals surface area (Å²) >= 11 is 1.57. The Morgan fingerprint density at radius 2 is 2.19 bits per heavy atom. The molecule has 0 saturated carbocycles. The number of ether oxygens (including phenoxy) is 2. The van der Waals surface area contributed by atoms with Crippen LogP contribution in [0.1, 0.15) is 6.92 Å². The summed E-state index contributed by atoms with van der Waals surface area (Å²) in [5.41, 5.74) is 0. The summed E-state index contributed by atoms with van der Waals surface area (Å²) in [7, 11) is 3.18.